The van der Waals surface area contributed by atoms with E-state index in [1.807, 2.05) is 12.1 Å². The van der Waals surface area contributed by atoms with Gasteiger partial charge in [-0.25, -0.2) is 0 Å². The Hall–Kier alpha value is -1.71. The Morgan fingerprint density at radius 1 is 1.05 bits per heavy atom. The number of hydrogen-bond acceptors (Lipinski definition) is 2. The van der Waals surface area contributed by atoms with Gasteiger partial charge in [0, 0.05) is 10.0 Å². The molecule has 0 fully saturated rings. The molecule has 0 saturated heterocycles. The van der Waals surface area contributed by atoms with Gasteiger partial charge in [-0.15, -0.1) is 0 Å². The van der Waals surface area contributed by atoms with E-state index in [9.17, 15) is 4.79 Å². The number of carbonyl (C=O) groups is 1. The van der Waals surface area contributed by atoms with Crippen molar-refractivity contribution in [2.45, 2.75) is 13.0 Å². The van der Waals surface area contributed by atoms with Gasteiger partial charge in [0.1, 0.15) is 12.4 Å². The first-order valence-electron chi connectivity index (χ1n) is 5.92. The fourth-order valence-corrected chi connectivity index (χ4v) is 2.31. The highest BCUT2D eigenvalue weighted by atomic mass is 35.5. The van der Waals surface area contributed by atoms with Crippen LogP contribution in [0, 0.1) is 0 Å². The number of ether oxygens (including phenoxy) is 1. The van der Waals surface area contributed by atoms with Gasteiger partial charge in [-0.3, -0.25) is 4.79 Å². The van der Waals surface area contributed by atoms with Gasteiger partial charge < -0.3 is 9.84 Å². The van der Waals surface area contributed by atoms with E-state index < -0.39 is 5.97 Å². The highest BCUT2D eigenvalue weighted by Gasteiger charge is 2.07. The fraction of sp³-hybridized carbons (Fsp3) is 0.133. The standard InChI is InChI=1S/C15H12Cl2O3/c16-12-6-13(17)8-14(7-12)20-9-11-4-2-1-3-10(11)5-15(18)19/h1-4,6-8H,5,9H2,(H,18,19). The van der Waals surface area contributed by atoms with Gasteiger partial charge in [-0.05, 0) is 29.3 Å². The molecule has 20 heavy (non-hydrogen) atoms. The zero-order chi connectivity index (χ0) is 14.5. The molecule has 0 heterocycles. The van der Waals surface area contributed by atoms with Crippen LogP contribution in [0.1, 0.15) is 11.1 Å². The second-order valence-electron chi connectivity index (χ2n) is 4.23. The monoisotopic (exact) mass is 310 g/mol. The third-order valence-electron chi connectivity index (χ3n) is 2.69. The summed E-state index contributed by atoms with van der Waals surface area (Å²) in [5.41, 5.74) is 1.55. The Labute approximate surface area is 126 Å². The molecule has 2 aromatic carbocycles. The predicted octanol–water partition coefficient (Wildman–Crippen LogP) is 4.20. The molecular weight excluding hydrogens is 299 g/mol. The average Bonchev–Trinajstić information content (AvgIpc) is 2.36. The number of carboxylic acid groups (broad SMARTS) is 1. The Morgan fingerprint density at radius 3 is 2.25 bits per heavy atom. The molecular formula is C15H12Cl2O3. The molecule has 2 aromatic rings. The van der Waals surface area contributed by atoms with Crippen LogP contribution in [-0.4, -0.2) is 11.1 Å². The zero-order valence-corrected chi connectivity index (χ0v) is 12.0. The van der Waals surface area contributed by atoms with Crippen molar-refractivity contribution in [1.82, 2.24) is 0 Å². The minimum Gasteiger partial charge on any atom is -0.489 e. The summed E-state index contributed by atoms with van der Waals surface area (Å²) in [7, 11) is 0. The van der Waals surface area contributed by atoms with Crippen molar-refractivity contribution in [1.29, 1.82) is 0 Å². The molecule has 0 bridgehead atoms. The Kier molecular flexibility index (Phi) is 4.88. The maximum Gasteiger partial charge on any atom is 0.307 e. The number of aliphatic carboxylic acids is 1. The molecule has 5 heteroatoms. The van der Waals surface area contributed by atoms with E-state index in [0.717, 1.165) is 11.1 Å². The van der Waals surface area contributed by atoms with Crippen LogP contribution >= 0.6 is 23.2 Å². The van der Waals surface area contributed by atoms with Crippen molar-refractivity contribution >= 4 is 29.2 Å². The minimum atomic E-state index is -0.872. The van der Waals surface area contributed by atoms with Crippen molar-refractivity contribution in [3.63, 3.8) is 0 Å². The lowest BCUT2D eigenvalue weighted by molar-refractivity contribution is -0.136. The van der Waals surface area contributed by atoms with E-state index in [1.165, 1.54) is 0 Å². The maximum absolute atomic E-state index is 10.8. The highest BCUT2D eigenvalue weighted by Crippen LogP contribution is 2.25. The SMILES string of the molecule is O=C(O)Cc1ccccc1COc1cc(Cl)cc(Cl)c1. The van der Waals surface area contributed by atoms with Gasteiger partial charge in [0.25, 0.3) is 0 Å². The molecule has 0 saturated carbocycles. The first-order chi connectivity index (χ1) is 9.54. The molecule has 0 aromatic heterocycles. The summed E-state index contributed by atoms with van der Waals surface area (Å²) >= 11 is 11.8. The van der Waals surface area contributed by atoms with Crippen LogP contribution in [-0.2, 0) is 17.8 Å². The second kappa shape index (κ2) is 6.64. The summed E-state index contributed by atoms with van der Waals surface area (Å²) in [6.07, 6.45) is -0.0319. The van der Waals surface area contributed by atoms with E-state index in [1.54, 1.807) is 30.3 Å². The molecule has 0 unspecified atom stereocenters. The molecule has 0 spiro atoms. The van der Waals surface area contributed by atoms with E-state index in [-0.39, 0.29) is 13.0 Å². The topological polar surface area (TPSA) is 46.5 Å². The number of hydrogen-bond donors (Lipinski definition) is 1. The lowest BCUT2D eigenvalue weighted by Crippen LogP contribution is -2.05. The molecule has 0 aliphatic heterocycles. The van der Waals surface area contributed by atoms with Crippen LogP contribution in [0.5, 0.6) is 5.75 Å². The van der Waals surface area contributed by atoms with Crippen molar-refractivity contribution in [2.24, 2.45) is 0 Å². The van der Waals surface area contributed by atoms with Crippen molar-refractivity contribution in [2.75, 3.05) is 0 Å². The molecule has 104 valence electrons. The van der Waals surface area contributed by atoms with Gasteiger partial charge in [-0.2, -0.15) is 0 Å². The van der Waals surface area contributed by atoms with Gasteiger partial charge in [0.15, 0.2) is 0 Å². The molecule has 1 N–H and O–H groups in total. The Bertz CT molecular complexity index is 606. The first kappa shape index (κ1) is 14.7. The van der Waals surface area contributed by atoms with E-state index in [0.29, 0.717) is 15.8 Å². The van der Waals surface area contributed by atoms with E-state index in [4.69, 9.17) is 33.0 Å². The number of benzene rings is 2. The summed E-state index contributed by atoms with van der Waals surface area (Å²) < 4.78 is 5.61. The predicted molar refractivity (Wildman–Crippen MR) is 78.6 cm³/mol. The fourth-order valence-electron chi connectivity index (χ4n) is 1.81. The molecule has 0 amide bonds. The summed E-state index contributed by atoms with van der Waals surface area (Å²) in [6, 6.07) is 12.2. The lowest BCUT2D eigenvalue weighted by atomic mass is 10.1. The molecule has 2 rings (SSSR count). The van der Waals surface area contributed by atoms with Gasteiger partial charge in [0.05, 0.1) is 6.42 Å². The number of rotatable bonds is 5. The maximum atomic E-state index is 10.8. The minimum absolute atomic E-state index is 0.0319. The van der Waals surface area contributed by atoms with E-state index >= 15 is 0 Å². The molecule has 0 aliphatic rings. The van der Waals surface area contributed by atoms with Gasteiger partial charge >= 0.3 is 5.97 Å². The van der Waals surface area contributed by atoms with Crippen LogP contribution in [0.2, 0.25) is 10.0 Å². The van der Waals surface area contributed by atoms with Gasteiger partial charge in [-0.1, -0.05) is 47.5 Å². The third kappa shape index (κ3) is 4.15. The molecule has 0 aliphatic carbocycles. The van der Waals surface area contributed by atoms with Crippen LogP contribution in [0.4, 0.5) is 0 Å². The lowest BCUT2D eigenvalue weighted by Gasteiger charge is -2.10. The van der Waals surface area contributed by atoms with E-state index in [2.05, 4.69) is 0 Å². The summed E-state index contributed by atoms with van der Waals surface area (Å²) in [4.78, 5) is 10.8. The molecule has 3 nitrogen and oxygen atoms in total. The highest BCUT2D eigenvalue weighted by molar-refractivity contribution is 6.34. The summed E-state index contributed by atoms with van der Waals surface area (Å²) in [6.45, 7) is 0.264. The zero-order valence-electron chi connectivity index (χ0n) is 10.5. The summed E-state index contributed by atoms with van der Waals surface area (Å²) in [5.74, 6) is -0.323. The Balaban J connectivity index is 2.12. The Morgan fingerprint density at radius 2 is 1.65 bits per heavy atom. The summed E-state index contributed by atoms with van der Waals surface area (Å²) in [5, 5.41) is 9.86. The molecule has 0 radical (unpaired) electrons. The van der Waals surface area contributed by atoms with Crippen LogP contribution in [0.15, 0.2) is 42.5 Å². The largest absolute Gasteiger partial charge is 0.489 e. The van der Waals surface area contributed by atoms with Crippen molar-refractivity contribution in [3.05, 3.63) is 63.6 Å². The van der Waals surface area contributed by atoms with Crippen LogP contribution in [0.3, 0.4) is 0 Å². The van der Waals surface area contributed by atoms with Crippen LogP contribution < -0.4 is 4.74 Å². The van der Waals surface area contributed by atoms with Crippen molar-refractivity contribution < 1.29 is 14.6 Å². The first-order valence-corrected chi connectivity index (χ1v) is 6.67. The quantitative estimate of drug-likeness (QED) is 0.900. The smallest absolute Gasteiger partial charge is 0.307 e. The van der Waals surface area contributed by atoms with Crippen LogP contribution in [0.25, 0.3) is 0 Å². The number of halogens is 2. The molecule has 0 atom stereocenters. The van der Waals surface area contributed by atoms with Gasteiger partial charge in [0.2, 0.25) is 0 Å². The third-order valence-corrected chi connectivity index (χ3v) is 3.13. The number of carboxylic acids is 1. The van der Waals surface area contributed by atoms with Crippen molar-refractivity contribution in [3.8, 4) is 5.75 Å². The second-order valence-corrected chi connectivity index (χ2v) is 5.11. The average molecular weight is 311 g/mol. The normalized spacial score (nSPS) is 10.3.